The van der Waals surface area contributed by atoms with E-state index in [1.54, 1.807) is 6.33 Å². The lowest BCUT2D eigenvalue weighted by atomic mass is 10.4. The van der Waals surface area contributed by atoms with E-state index in [0.29, 0.717) is 0 Å². The van der Waals surface area contributed by atoms with Gasteiger partial charge < -0.3 is 4.57 Å². The molecule has 0 spiro atoms. The van der Waals surface area contributed by atoms with Crippen LogP contribution in [0.3, 0.4) is 0 Å². The molecule has 0 saturated heterocycles. The normalized spacial score (nSPS) is 10.8. The molecule has 0 unspecified atom stereocenters. The third-order valence-electron chi connectivity index (χ3n) is 2.15. The number of aryl methyl sites for hydroxylation is 3. The van der Waals surface area contributed by atoms with E-state index in [1.165, 1.54) is 0 Å². The maximum absolute atomic E-state index is 4.43. The molecule has 14 heavy (non-hydrogen) atoms. The van der Waals surface area contributed by atoms with Crippen LogP contribution in [0.5, 0.6) is 0 Å². The minimum absolute atomic E-state index is 0.921. The van der Waals surface area contributed by atoms with Gasteiger partial charge in [-0.3, -0.25) is 4.57 Å². The highest BCUT2D eigenvalue weighted by Crippen LogP contribution is 2.10. The summed E-state index contributed by atoms with van der Waals surface area (Å²) in [5.74, 6) is 1.99. The van der Waals surface area contributed by atoms with Crippen LogP contribution in [-0.2, 0) is 13.5 Å². The minimum Gasteiger partial charge on any atom is -0.338 e. The van der Waals surface area contributed by atoms with Crippen molar-refractivity contribution in [2.24, 2.45) is 7.05 Å². The Labute approximate surface area is 83.2 Å². The Balaban J connectivity index is 2.49. The lowest BCUT2D eigenvalue weighted by Crippen LogP contribution is -1.98. The van der Waals surface area contributed by atoms with Crippen molar-refractivity contribution in [1.29, 1.82) is 0 Å². The monoisotopic (exact) mass is 190 g/mol. The van der Waals surface area contributed by atoms with E-state index in [4.69, 9.17) is 0 Å². The molecule has 4 nitrogen and oxygen atoms in total. The first kappa shape index (κ1) is 8.99. The highest BCUT2D eigenvalue weighted by molar-refractivity contribution is 5.23. The van der Waals surface area contributed by atoms with E-state index in [2.05, 4.69) is 16.9 Å². The van der Waals surface area contributed by atoms with Gasteiger partial charge in [-0.25, -0.2) is 9.97 Å². The lowest BCUT2D eigenvalue weighted by molar-refractivity contribution is 0.869. The molecule has 0 N–H and O–H groups in total. The van der Waals surface area contributed by atoms with Gasteiger partial charge in [0.1, 0.15) is 5.82 Å². The number of nitrogens with zero attached hydrogens (tertiary/aromatic N) is 4. The zero-order valence-electron chi connectivity index (χ0n) is 8.73. The summed E-state index contributed by atoms with van der Waals surface area (Å²) in [5, 5.41) is 0. The topological polar surface area (TPSA) is 35.6 Å². The molecule has 2 rings (SSSR count). The fourth-order valence-electron chi connectivity index (χ4n) is 1.52. The number of imidazole rings is 2. The average molecular weight is 190 g/mol. The molecule has 0 saturated carbocycles. The molecule has 0 atom stereocenters. The van der Waals surface area contributed by atoms with E-state index in [9.17, 15) is 0 Å². The smallest absolute Gasteiger partial charge is 0.156 e. The molecule has 0 radical (unpaired) electrons. The maximum atomic E-state index is 4.43. The SMILES string of the molecule is CCc1nc(C)cn1-c1cn(C)cn1. The van der Waals surface area contributed by atoms with E-state index >= 15 is 0 Å². The van der Waals surface area contributed by atoms with Crippen LogP contribution < -0.4 is 0 Å². The van der Waals surface area contributed by atoms with Gasteiger partial charge in [-0.2, -0.15) is 0 Å². The second-order valence-electron chi connectivity index (χ2n) is 3.42. The molecule has 2 heterocycles. The third-order valence-corrected chi connectivity index (χ3v) is 2.15. The van der Waals surface area contributed by atoms with Crippen LogP contribution in [-0.4, -0.2) is 19.1 Å². The minimum atomic E-state index is 0.921. The van der Waals surface area contributed by atoms with Crippen LogP contribution in [0.2, 0.25) is 0 Å². The van der Waals surface area contributed by atoms with Crippen LogP contribution in [0, 0.1) is 6.92 Å². The first-order chi connectivity index (χ1) is 6.70. The molecule has 0 aliphatic heterocycles. The summed E-state index contributed by atoms with van der Waals surface area (Å²) in [5.41, 5.74) is 1.03. The van der Waals surface area contributed by atoms with Gasteiger partial charge in [-0.05, 0) is 6.92 Å². The van der Waals surface area contributed by atoms with E-state index < -0.39 is 0 Å². The van der Waals surface area contributed by atoms with Crippen LogP contribution in [0.1, 0.15) is 18.4 Å². The van der Waals surface area contributed by atoms with Crippen molar-refractivity contribution < 1.29 is 0 Å². The molecular formula is C10H14N4. The average Bonchev–Trinajstić information content (AvgIpc) is 2.71. The number of aromatic nitrogens is 4. The largest absolute Gasteiger partial charge is 0.338 e. The van der Waals surface area contributed by atoms with Crippen LogP contribution >= 0.6 is 0 Å². The van der Waals surface area contributed by atoms with Crippen molar-refractivity contribution in [1.82, 2.24) is 19.1 Å². The van der Waals surface area contributed by atoms with Gasteiger partial charge in [0.2, 0.25) is 0 Å². The zero-order valence-corrected chi connectivity index (χ0v) is 8.73. The first-order valence-corrected chi connectivity index (χ1v) is 4.74. The van der Waals surface area contributed by atoms with Gasteiger partial charge in [0.15, 0.2) is 5.82 Å². The number of hydrogen-bond acceptors (Lipinski definition) is 2. The summed E-state index contributed by atoms with van der Waals surface area (Å²) in [4.78, 5) is 8.72. The Morgan fingerprint density at radius 2 is 2.14 bits per heavy atom. The summed E-state index contributed by atoms with van der Waals surface area (Å²) in [6, 6.07) is 0. The molecule has 0 aliphatic rings. The molecule has 0 fully saturated rings. The molecule has 2 aromatic rings. The summed E-state index contributed by atoms with van der Waals surface area (Å²) in [6.45, 7) is 4.10. The number of hydrogen-bond donors (Lipinski definition) is 0. The number of rotatable bonds is 2. The van der Waals surface area contributed by atoms with Crippen molar-refractivity contribution in [3.05, 3.63) is 30.2 Å². The van der Waals surface area contributed by atoms with Gasteiger partial charge in [0.05, 0.1) is 12.0 Å². The van der Waals surface area contributed by atoms with Gasteiger partial charge >= 0.3 is 0 Å². The summed E-state index contributed by atoms with van der Waals surface area (Å²) < 4.78 is 3.97. The van der Waals surface area contributed by atoms with E-state index in [-0.39, 0.29) is 0 Å². The fraction of sp³-hybridized carbons (Fsp3) is 0.400. The van der Waals surface area contributed by atoms with Gasteiger partial charge in [-0.1, -0.05) is 6.92 Å². The fourth-order valence-corrected chi connectivity index (χ4v) is 1.52. The molecule has 0 aliphatic carbocycles. The van der Waals surface area contributed by atoms with Crippen LogP contribution in [0.4, 0.5) is 0 Å². The summed E-state index contributed by atoms with van der Waals surface area (Å²) in [6.07, 6.45) is 6.72. The Morgan fingerprint density at radius 3 is 2.71 bits per heavy atom. The Morgan fingerprint density at radius 1 is 1.36 bits per heavy atom. The third kappa shape index (κ3) is 1.43. The highest BCUT2D eigenvalue weighted by Gasteiger charge is 2.06. The predicted molar refractivity (Wildman–Crippen MR) is 54.4 cm³/mol. The van der Waals surface area contributed by atoms with Gasteiger partial charge in [0, 0.05) is 25.9 Å². The summed E-state index contributed by atoms with van der Waals surface area (Å²) in [7, 11) is 1.96. The standard InChI is InChI=1S/C10H14N4/c1-4-9-12-8(2)5-14(9)10-6-13(3)7-11-10/h5-7H,4H2,1-3H3. The molecular weight excluding hydrogens is 176 g/mol. The lowest BCUT2D eigenvalue weighted by Gasteiger charge is -2.00. The molecule has 0 amide bonds. The van der Waals surface area contributed by atoms with Crippen molar-refractivity contribution in [3.8, 4) is 5.82 Å². The van der Waals surface area contributed by atoms with Crippen LogP contribution in [0.25, 0.3) is 5.82 Å². The molecule has 0 bridgehead atoms. The van der Waals surface area contributed by atoms with E-state index in [0.717, 1.165) is 23.8 Å². The maximum Gasteiger partial charge on any atom is 0.156 e. The van der Waals surface area contributed by atoms with Crippen molar-refractivity contribution >= 4 is 0 Å². The van der Waals surface area contributed by atoms with Gasteiger partial charge in [0.25, 0.3) is 0 Å². The van der Waals surface area contributed by atoms with Crippen molar-refractivity contribution in [2.45, 2.75) is 20.3 Å². The van der Waals surface area contributed by atoms with Crippen molar-refractivity contribution in [3.63, 3.8) is 0 Å². The van der Waals surface area contributed by atoms with E-state index in [1.807, 2.05) is 35.5 Å². The molecule has 4 heteroatoms. The Bertz CT molecular complexity index is 439. The zero-order chi connectivity index (χ0) is 10.1. The highest BCUT2D eigenvalue weighted by atomic mass is 15.2. The molecule has 2 aromatic heterocycles. The Hall–Kier alpha value is -1.58. The summed E-state index contributed by atoms with van der Waals surface area (Å²) >= 11 is 0. The predicted octanol–water partition coefficient (Wildman–Crippen LogP) is 1.48. The first-order valence-electron chi connectivity index (χ1n) is 4.74. The second-order valence-corrected chi connectivity index (χ2v) is 3.42. The Kier molecular flexibility index (Phi) is 2.11. The second kappa shape index (κ2) is 3.29. The van der Waals surface area contributed by atoms with Crippen molar-refractivity contribution in [2.75, 3.05) is 0 Å². The molecule has 74 valence electrons. The quantitative estimate of drug-likeness (QED) is 0.719. The van der Waals surface area contributed by atoms with Crippen LogP contribution in [0.15, 0.2) is 18.7 Å². The molecule has 0 aromatic carbocycles. The van der Waals surface area contributed by atoms with Gasteiger partial charge in [-0.15, -0.1) is 0 Å².